The molecule has 1 aromatic carbocycles. The van der Waals surface area contributed by atoms with Crippen LogP contribution in [0.3, 0.4) is 0 Å². The lowest BCUT2D eigenvalue weighted by Crippen LogP contribution is -2.26. The number of halogens is 1. The van der Waals surface area contributed by atoms with E-state index >= 15 is 0 Å². The van der Waals surface area contributed by atoms with Crippen LogP contribution in [0, 0.1) is 0 Å². The molecule has 23 heavy (non-hydrogen) atoms. The number of amides is 1. The van der Waals surface area contributed by atoms with Crippen molar-refractivity contribution in [2.45, 2.75) is 13.0 Å². The first kappa shape index (κ1) is 17.2. The Morgan fingerprint density at radius 1 is 1.26 bits per heavy atom. The number of nitrogens with one attached hydrogen (secondary N) is 2. The highest BCUT2D eigenvalue weighted by Gasteiger charge is 2.13. The Hall–Kier alpha value is -2.12. The van der Waals surface area contributed by atoms with Gasteiger partial charge in [0.15, 0.2) is 0 Å². The minimum atomic E-state index is -3.35. The minimum absolute atomic E-state index is 0.289. The van der Waals surface area contributed by atoms with Crippen molar-refractivity contribution in [3.8, 4) is 0 Å². The monoisotopic (exact) mass is 353 g/mol. The number of nitrogens with zero attached hydrogens (tertiary/aromatic N) is 1. The van der Waals surface area contributed by atoms with E-state index in [2.05, 4.69) is 15.0 Å². The second-order valence-electron chi connectivity index (χ2n) is 5.06. The fourth-order valence-electron chi connectivity index (χ4n) is 1.96. The van der Waals surface area contributed by atoms with Crippen LogP contribution < -0.4 is 10.0 Å². The molecule has 2 aromatic rings. The van der Waals surface area contributed by atoms with Gasteiger partial charge < -0.3 is 5.32 Å². The van der Waals surface area contributed by atoms with Gasteiger partial charge in [0.05, 0.1) is 17.9 Å². The zero-order chi connectivity index (χ0) is 17.0. The standard InChI is InChI=1S/C15H16ClN3O3S/c1-10(18-15(20)12-6-7-14(16)17-9-12)11-4-3-5-13(8-11)19-23(2,21)22/h3-10,19H,1-2H3,(H,18,20). The number of benzene rings is 1. The molecule has 0 bridgehead atoms. The number of pyridine rings is 1. The molecule has 1 aromatic heterocycles. The van der Waals surface area contributed by atoms with Crippen LogP contribution in [-0.2, 0) is 10.0 Å². The second-order valence-corrected chi connectivity index (χ2v) is 7.20. The summed E-state index contributed by atoms with van der Waals surface area (Å²) in [6.07, 6.45) is 2.48. The third-order valence-electron chi connectivity index (χ3n) is 3.03. The van der Waals surface area contributed by atoms with Gasteiger partial charge in [-0.3, -0.25) is 9.52 Å². The van der Waals surface area contributed by atoms with Gasteiger partial charge in [-0.05, 0) is 36.8 Å². The lowest BCUT2D eigenvalue weighted by molar-refractivity contribution is 0.0939. The van der Waals surface area contributed by atoms with Crippen molar-refractivity contribution in [1.29, 1.82) is 0 Å². The molecule has 8 heteroatoms. The largest absolute Gasteiger partial charge is 0.345 e. The summed E-state index contributed by atoms with van der Waals surface area (Å²) in [6, 6.07) is 9.65. The molecule has 0 saturated heterocycles. The topological polar surface area (TPSA) is 88.2 Å². The fourth-order valence-corrected chi connectivity index (χ4v) is 2.63. The van der Waals surface area contributed by atoms with Crippen LogP contribution in [0.1, 0.15) is 28.9 Å². The summed E-state index contributed by atoms with van der Waals surface area (Å²) in [4.78, 5) is 16.0. The van der Waals surface area contributed by atoms with E-state index < -0.39 is 10.0 Å². The van der Waals surface area contributed by atoms with Crippen molar-refractivity contribution < 1.29 is 13.2 Å². The number of sulfonamides is 1. The van der Waals surface area contributed by atoms with Gasteiger partial charge >= 0.3 is 0 Å². The van der Waals surface area contributed by atoms with E-state index in [1.807, 2.05) is 0 Å². The van der Waals surface area contributed by atoms with E-state index in [0.717, 1.165) is 11.8 Å². The molecule has 122 valence electrons. The van der Waals surface area contributed by atoms with Crippen molar-refractivity contribution in [2.24, 2.45) is 0 Å². The Kier molecular flexibility index (Phi) is 5.23. The number of aromatic nitrogens is 1. The van der Waals surface area contributed by atoms with E-state index in [1.54, 1.807) is 37.3 Å². The summed E-state index contributed by atoms with van der Waals surface area (Å²) < 4.78 is 24.9. The van der Waals surface area contributed by atoms with Gasteiger partial charge in [0.2, 0.25) is 10.0 Å². The number of carbonyl (C=O) groups excluding carboxylic acids is 1. The molecule has 0 spiro atoms. The molecule has 0 fully saturated rings. The smallest absolute Gasteiger partial charge is 0.253 e. The molecular formula is C15H16ClN3O3S. The first-order valence-electron chi connectivity index (χ1n) is 6.75. The Bertz CT molecular complexity index is 807. The normalized spacial score (nSPS) is 12.5. The highest BCUT2D eigenvalue weighted by molar-refractivity contribution is 7.92. The van der Waals surface area contributed by atoms with Crippen LogP contribution in [0.25, 0.3) is 0 Å². The average Bonchev–Trinajstić information content (AvgIpc) is 2.46. The Morgan fingerprint density at radius 2 is 2.00 bits per heavy atom. The van der Waals surface area contributed by atoms with Crippen LogP contribution in [-0.4, -0.2) is 25.6 Å². The van der Waals surface area contributed by atoms with Crippen molar-refractivity contribution in [3.63, 3.8) is 0 Å². The third-order valence-corrected chi connectivity index (χ3v) is 3.86. The molecule has 2 rings (SSSR count). The van der Waals surface area contributed by atoms with Gasteiger partial charge in [0.25, 0.3) is 5.91 Å². The van der Waals surface area contributed by atoms with E-state index in [1.165, 1.54) is 12.3 Å². The lowest BCUT2D eigenvalue weighted by Gasteiger charge is -2.15. The summed E-state index contributed by atoms with van der Waals surface area (Å²) >= 11 is 5.69. The average molecular weight is 354 g/mol. The maximum absolute atomic E-state index is 12.1. The molecule has 1 amide bonds. The van der Waals surface area contributed by atoms with E-state index in [4.69, 9.17) is 11.6 Å². The van der Waals surface area contributed by atoms with Gasteiger partial charge in [-0.15, -0.1) is 0 Å². The highest BCUT2D eigenvalue weighted by Crippen LogP contribution is 2.18. The molecule has 1 heterocycles. The first-order valence-corrected chi connectivity index (χ1v) is 9.02. The molecule has 1 unspecified atom stereocenters. The number of rotatable bonds is 5. The molecule has 0 aliphatic rings. The molecule has 2 N–H and O–H groups in total. The maximum Gasteiger partial charge on any atom is 0.253 e. The summed E-state index contributed by atoms with van der Waals surface area (Å²) in [5.41, 5.74) is 1.61. The summed E-state index contributed by atoms with van der Waals surface area (Å²) in [5, 5.41) is 3.14. The van der Waals surface area contributed by atoms with Gasteiger partial charge in [0, 0.05) is 11.9 Å². The molecule has 1 atom stereocenters. The highest BCUT2D eigenvalue weighted by atomic mass is 35.5. The van der Waals surface area contributed by atoms with Crippen molar-refractivity contribution in [2.75, 3.05) is 11.0 Å². The van der Waals surface area contributed by atoms with E-state index in [-0.39, 0.29) is 11.9 Å². The first-order chi connectivity index (χ1) is 10.7. The fraction of sp³-hybridized carbons (Fsp3) is 0.200. The minimum Gasteiger partial charge on any atom is -0.345 e. The Balaban J connectivity index is 2.11. The van der Waals surface area contributed by atoms with Crippen LogP contribution in [0.5, 0.6) is 0 Å². The molecular weight excluding hydrogens is 338 g/mol. The number of hydrogen-bond donors (Lipinski definition) is 2. The van der Waals surface area contributed by atoms with E-state index in [0.29, 0.717) is 16.4 Å². The summed E-state index contributed by atoms with van der Waals surface area (Å²) in [7, 11) is -3.35. The van der Waals surface area contributed by atoms with Crippen LogP contribution in [0.15, 0.2) is 42.6 Å². The Labute approximate surface area is 139 Å². The summed E-state index contributed by atoms with van der Waals surface area (Å²) in [5.74, 6) is -0.289. The van der Waals surface area contributed by atoms with Crippen molar-refractivity contribution in [1.82, 2.24) is 10.3 Å². The third kappa shape index (κ3) is 5.22. The molecule has 0 radical (unpaired) electrons. The molecule has 0 aliphatic heterocycles. The zero-order valence-electron chi connectivity index (χ0n) is 12.6. The van der Waals surface area contributed by atoms with Crippen LogP contribution in [0.2, 0.25) is 5.15 Å². The van der Waals surface area contributed by atoms with Gasteiger partial charge in [-0.2, -0.15) is 0 Å². The van der Waals surface area contributed by atoms with Crippen LogP contribution >= 0.6 is 11.6 Å². The quantitative estimate of drug-likeness (QED) is 0.809. The van der Waals surface area contributed by atoms with Gasteiger partial charge in [-0.25, -0.2) is 13.4 Å². The lowest BCUT2D eigenvalue weighted by atomic mass is 10.1. The van der Waals surface area contributed by atoms with Crippen molar-refractivity contribution >= 4 is 33.2 Å². The molecule has 0 saturated carbocycles. The maximum atomic E-state index is 12.1. The second kappa shape index (κ2) is 6.97. The van der Waals surface area contributed by atoms with Crippen LogP contribution in [0.4, 0.5) is 5.69 Å². The number of hydrogen-bond acceptors (Lipinski definition) is 4. The van der Waals surface area contributed by atoms with E-state index in [9.17, 15) is 13.2 Å². The molecule has 6 nitrogen and oxygen atoms in total. The number of carbonyl (C=O) groups is 1. The van der Waals surface area contributed by atoms with Gasteiger partial charge in [0.1, 0.15) is 5.15 Å². The SMILES string of the molecule is CC(NC(=O)c1ccc(Cl)nc1)c1cccc(NS(C)(=O)=O)c1. The predicted molar refractivity (Wildman–Crippen MR) is 90.0 cm³/mol. The molecule has 0 aliphatic carbocycles. The zero-order valence-corrected chi connectivity index (χ0v) is 14.1. The van der Waals surface area contributed by atoms with Gasteiger partial charge in [-0.1, -0.05) is 23.7 Å². The number of anilines is 1. The predicted octanol–water partition coefficient (Wildman–Crippen LogP) is 2.60. The Morgan fingerprint density at radius 3 is 2.61 bits per heavy atom. The van der Waals surface area contributed by atoms with Crippen molar-refractivity contribution in [3.05, 3.63) is 58.9 Å². The summed E-state index contributed by atoms with van der Waals surface area (Å²) in [6.45, 7) is 1.81.